The number of halogens is 2. The van der Waals surface area contributed by atoms with E-state index in [1.54, 1.807) is 23.1 Å². The zero-order chi connectivity index (χ0) is 22.3. The van der Waals surface area contributed by atoms with Gasteiger partial charge in [0.25, 0.3) is 0 Å². The summed E-state index contributed by atoms with van der Waals surface area (Å²) in [6.07, 6.45) is 1.31. The lowest BCUT2D eigenvalue weighted by molar-refractivity contribution is -0.140. The first-order chi connectivity index (χ1) is 14.1. The maximum atomic E-state index is 13.3. The normalized spacial score (nSPS) is 12.3. The molecule has 2 aromatic carbocycles. The molecule has 0 aliphatic carbocycles. The van der Waals surface area contributed by atoms with Crippen LogP contribution < -0.4 is 5.32 Å². The van der Waals surface area contributed by atoms with Crippen molar-refractivity contribution in [2.24, 2.45) is 0 Å². The Kier molecular flexibility index (Phi) is 8.75. The van der Waals surface area contributed by atoms with Crippen LogP contribution in [-0.4, -0.2) is 34.8 Å². The minimum absolute atomic E-state index is 0.115. The van der Waals surface area contributed by atoms with Crippen LogP contribution in [0.1, 0.15) is 45.2 Å². The van der Waals surface area contributed by atoms with Gasteiger partial charge in [0.2, 0.25) is 11.8 Å². The van der Waals surface area contributed by atoms with Gasteiger partial charge in [0.05, 0.1) is 6.42 Å². The maximum absolute atomic E-state index is 13.3. The Bertz CT molecular complexity index is 863. The summed E-state index contributed by atoms with van der Waals surface area (Å²) in [6, 6.07) is 14.5. The lowest BCUT2D eigenvalue weighted by Gasteiger charge is -2.33. The first kappa shape index (κ1) is 24.2. The van der Waals surface area contributed by atoms with Crippen LogP contribution in [0.5, 0.6) is 0 Å². The van der Waals surface area contributed by atoms with Crippen LogP contribution in [-0.2, 0) is 22.4 Å². The first-order valence-electron chi connectivity index (χ1n) is 10.2. The molecular formula is C24H30Cl2N2O2. The molecule has 162 valence electrons. The van der Waals surface area contributed by atoms with Gasteiger partial charge in [-0.05, 0) is 56.9 Å². The van der Waals surface area contributed by atoms with Crippen LogP contribution in [0.4, 0.5) is 0 Å². The highest BCUT2D eigenvalue weighted by molar-refractivity contribution is 6.35. The quantitative estimate of drug-likeness (QED) is 0.595. The molecule has 1 N–H and O–H groups in total. The van der Waals surface area contributed by atoms with E-state index >= 15 is 0 Å². The van der Waals surface area contributed by atoms with Crippen LogP contribution in [0.2, 0.25) is 10.0 Å². The molecule has 0 saturated heterocycles. The van der Waals surface area contributed by atoms with Crippen molar-refractivity contribution >= 4 is 35.0 Å². The Hall–Kier alpha value is -2.04. The summed E-state index contributed by atoms with van der Waals surface area (Å²) in [5.74, 6) is -0.278. The number of benzene rings is 2. The molecule has 0 radical (unpaired) electrons. The molecule has 0 heterocycles. The highest BCUT2D eigenvalue weighted by atomic mass is 35.5. The van der Waals surface area contributed by atoms with Gasteiger partial charge in [-0.15, -0.1) is 0 Å². The Labute approximate surface area is 189 Å². The van der Waals surface area contributed by atoms with E-state index in [1.165, 1.54) is 0 Å². The smallest absolute Gasteiger partial charge is 0.243 e. The first-order valence-corrected chi connectivity index (χ1v) is 11.0. The second kappa shape index (κ2) is 10.8. The minimum atomic E-state index is -0.550. The van der Waals surface area contributed by atoms with Crippen molar-refractivity contribution in [3.05, 3.63) is 69.7 Å². The van der Waals surface area contributed by atoms with E-state index < -0.39 is 6.04 Å². The monoisotopic (exact) mass is 448 g/mol. The molecule has 4 nitrogen and oxygen atoms in total. The van der Waals surface area contributed by atoms with E-state index in [4.69, 9.17) is 23.2 Å². The van der Waals surface area contributed by atoms with Crippen molar-refractivity contribution in [1.82, 2.24) is 10.2 Å². The van der Waals surface area contributed by atoms with Crippen molar-refractivity contribution in [3.63, 3.8) is 0 Å². The Morgan fingerprint density at radius 1 is 1.07 bits per heavy atom. The molecule has 1 atom stereocenters. The van der Waals surface area contributed by atoms with Gasteiger partial charge in [-0.25, -0.2) is 0 Å². The zero-order valence-electron chi connectivity index (χ0n) is 18.0. The lowest BCUT2D eigenvalue weighted by Crippen LogP contribution is -2.54. The standard InChI is InChI=1S/C24H30Cl2N2O2/c1-5-21(23(30)27-24(2,3)4)28(14-13-17-9-7-6-8-10-17)22(29)15-18-11-12-19(25)16-20(18)26/h6-12,16,21H,5,13-15H2,1-4H3,(H,27,30)/t21-/m0/s1. The summed E-state index contributed by atoms with van der Waals surface area (Å²) >= 11 is 12.3. The summed E-state index contributed by atoms with van der Waals surface area (Å²) in [4.78, 5) is 27.9. The van der Waals surface area contributed by atoms with Crippen LogP contribution in [0.3, 0.4) is 0 Å². The molecule has 0 spiro atoms. The summed E-state index contributed by atoms with van der Waals surface area (Å²) in [5.41, 5.74) is 1.44. The number of hydrogen-bond acceptors (Lipinski definition) is 2. The summed E-state index contributed by atoms with van der Waals surface area (Å²) in [5, 5.41) is 3.98. The Morgan fingerprint density at radius 3 is 2.30 bits per heavy atom. The number of nitrogens with one attached hydrogen (secondary N) is 1. The summed E-state index contributed by atoms with van der Waals surface area (Å²) in [7, 11) is 0. The topological polar surface area (TPSA) is 49.4 Å². The predicted octanol–water partition coefficient (Wildman–Crippen LogP) is 5.30. The van der Waals surface area contributed by atoms with Gasteiger partial charge in [0, 0.05) is 22.1 Å². The highest BCUT2D eigenvalue weighted by Crippen LogP contribution is 2.22. The second-order valence-electron chi connectivity index (χ2n) is 8.40. The van der Waals surface area contributed by atoms with Crippen LogP contribution in [0.25, 0.3) is 0 Å². The van der Waals surface area contributed by atoms with E-state index in [1.807, 2.05) is 58.0 Å². The average Bonchev–Trinajstić information content (AvgIpc) is 2.66. The van der Waals surface area contributed by atoms with Gasteiger partial charge in [-0.1, -0.05) is 66.5 Å². The van der Waals surface area contributed by atoms with Crippen molar-refractivity contribution in [2.75, 3.05) is 6.54 Å². The number of hydrogen-bond donors (Lipinski definition) is 1. The van der Waals surface area contributed by atoms with Crippen LogP contribution in [0, 0.1) is 0 Å². The molecule has 2 aromatic rings. The molecular weight excluding hydrogens is 419 g/mol. The fourth-order valence-electron chi connectivity index (χ4n) is 3.28. The summed E-state index contributed by atoms with van der Waals surface area (Å²) in [6.45, 7) is 8.17. The SMILES string of the molecule is CC[C@@H](C(=O)NC(C)(C)C)N(CCc1ccccc1)C(=O)Cc1ccc(Cl)cc1Cl. The predicted molar refractivity (Wildman–Crippen MR) is 124 cm³/mol. The number of carbonyl (C=O) groups excluding carboxylic acids is 2. The van der Waals surface area contributed by atoms with Gasteiger partial charge < -0.3 is 10.2 Å². The molecule has 6 heteroatoms. The van der Waals surface area contributed by atoms with E-state index in [0.717, 1.165) is 5.56 Å². The molecule has 2 rings (SSSR count). The van der Waals surface area contributed by atoms with Gasteiger partial charge in [0.15, 0.2) is 0 Å². The lowest BCUT2D eigenvalue weighted by atomic mass is 10.0. The summed E-state index contributed by atoms with van der Waals surface area (Å²) < 4.78 is 0. The second-order valence-corrected chi connectivity index (χ2v) is 9.24. The van der Waals surface area contributed by atoms with Crippen LogP contribution in [0.15, 0.2) is 48.5 Å². The van der Waals surface area contributed by atoms with Crippen LogP contribution >= 0.6 is 23.2 Å². The third kappa shape index (κ3) is 7.33. The van der Waals surface area contributed by atoms with Gasteiger partial charge >= 0.3 is 0 Å². The molecule has 0 aliphatic heterocycles. The third-order valence-electron chi connectivity index (χ3n) is 4.73. The van der Waals surface area contributed by atoms with E-state index in [9.17, 15) is 9.59 Å². The van der Waals surface area contributed by atoms with Gasteiger partial charge in [-0.3, -0.25) is 9.59 Å². The molecule has 0 aliphatic rings. The van der Waals surface area contributed by atoms with E-state index in [0.29, 0.717) is 35.0 Å². The average molecular weight is 449 g/mol. The zero-order valence-corrected chi connectivity index (χ0v) is 19.6. The largest absolute Gasteiger partial charge is 0.350 e. The van der Waals surface area contributed by atoms with Gasteiger partial charge in [-0.2, -0.15) is 0 Å². The fraction of sp³-hybridized carbons (Fsp3) is 0.417. The minimum Gasteiger partial charge on any atom is -0.350 e. The molecule has 0 fully saturated rings. The fourth-order valence-corrected chi connectivity index (χ4v) is 3.75. The van der Waals surface area contributed by atoms with Gasteiger partial charge in [0.1, 0.15) is 6.04 Å². The van der Waals surface area contributed by atoms with E-state index in [2.05, 4.69) is 5.32 Å². The maximum Gasteiger partial charge on any atom is 0.243 e. The molecule has 30 heavy (non-hydrogen) atoms. The molecule has 0 unspecified atom stereocenters. The highest BCUT2D eigenvalue weighted by Gasteiger charge is 2.30. The molecule has 0 saturated carbocycles. The molecule has 0 aromatic heterocycles. The number of rotatable bonds is 8. The third-order valence-corrected chi connectivity index (χ3v) is 5.31. The number of carbonyl (C=O) groups is 2. The number of amides is 2. The molecule has 2 amide bonds. The Morgan fingerprint density at radius 2 is 1.73 bits per heavy atom. The van der Waals surface area contributed by atoms with Crippen molar-refractivity contribution in [3.8, 4) is 0 Å². The van der Waals surface area contributed by atoms with Crippen molar-refractivity contribution in [2.45, 2.75) is 58.5 Å². The van der Waals surface area contributed by atoms with E-state index in [-0.39, 0.29) is 23.8 Å². The Balaban J connectivity index is 2.25. The van der Waals surface area contributed by atoms with Crippen molar-refractivity contribution < 1.29 is 9.59 Å². The molecule has 0 bridgehead atoms. The van der Waals surface area contributed by atoms with Crippen molar-refractivity contribution in [1.29, 1.82) is 0 Å². The number of nitrogens with zero attached hydrogens (tertiary/aromatic N) is 1.